The first kappa shape index (κ1) is 29.6. The highest BCUT2D eigenvalue weighted by Crippen LogP contribution is 2.58. The SMILES string of the molecule is COC(=O)OCOc1c2n(ccc1=O)N(C1c3ccccc3-c3scc4c3-c3c1ccc(F)c3C(F)(F)C4)C1CCOCCN1C2=O. The largest absolute Gasteiger partial charge is 0.510 e. The van der Waals surface area contributed by atoms with Crippen molar-refractivity contribution in [2.75, 3.05) is 38.7 Å². The van der Waals surface area contributed by atoms with E-state index in [0.29, 0.717) is 29.7 Å². The van der Waals surface area contributed by atoms with Crippen molar-refractivity contribution < 1.29 is 41.7 Å². The van der Waals surface area contributed by atoms with Crippen molar-refractivity contribution in [1.29, 1.82) is 0 Å². The fraction of sp³-hybridized carbons (Fsp3) is 0.303. The predicted octanol–water partition coefficient (Wildman–Crippen LogP) is 5.39. The number of pyridine rings is 1. The third-order valence-corrected chi connectivity index (χ3v) is 10.2. The lowest BCUT2D eigenvalue weighted by Crippen LogP contribution is -2.62. The summed E-state index contributed by atoms with van der Waals surface area (Å²) in [5, 5.41) is 3.57. The maximum atomic E-state index is 15.9. The molecular weight excluding hydrogens is 639 g/mol. The first-order chi connectivity index (χ1) is 22.7. The molecule has 47 heavy (non-hydrogen) atoms. The number of hydrogen-bond acceptors (Lipinski definition) is 9. The number of benzene rings is 2. The van der Waals surface area contributed by atoms with E-state index in [9.17, 15) is 14.4 Å². The van der Waals surface area contributed by atoms with Crippen LogP contribution in [0.3, 0.4) is 0 Å². The third kappa shape index (κ3) is 4.38. The second-order valence-electron chi connectivity index (χ2n) is 11.5. The molecular formula is C33H26F3N3O7S. The summed E-state index contributed by atoms with van der Waals surface area (Å²) in [4.78, 5) is 41.3. The van der Waals surface area contributed by atoms with E-state index in [1.807, 2.05) is 29.3 Å². The summed E-state index contributed by atoms with van der Waals surface area (Å²) in [6, 6.07) is 10.5. The van der Waals surface area contributed by atoms with E-state index in [2.05, 4.69) is 4.74 Å². The van der Waals surface area contributed by atoms with E-state index < -0.39 is 60.2 Å². The van der Waals surface area contributed by atoms with Gasteiger partial charge in [-0.3, -0.25) is 19.3 Å². The number of halogens is 3. The molecule has 2 unspecified atom stereocenters. The molecule has 4 aromatic rings. The van der Waals surface area contributed by atoms with E-state index in [1.54, 1.807) is 10.3 Å². The van der Waals surface area contributed by atoms with Gasteiger partial charge in [0.25, 0.3) is 11.8 Å². The Kier molecular flexibility index (Phi) is 6.84. The number of thiophene rings is 1. The summed E-state index contributed by atoms with van der Waals surface area (Å²) in [5.41, 5.74) is 1.65. The molecule has 4 aliphatic rings. The summed E-state index contributed by atoms with van der Waals surface area (Å²) in [5.74, 6) is -5.36. The second kappa shape index (κ2) is 10.9. The number of nitrogens with zero attached hydrogens (tertiary/aromatic N) is 3. The van der Waals surface area contributed by atoms with Crippen molar-refractivity contribution in [3.05, 3.63) is 98.0 Å². The Labute approximate surface area is 269 Å². The van der Waals surface area contributed by atoms with Gasteiger partial charge in [-0.1, -0.05) is 30.3 Å². The van der Waals surface area contributed by atoms with E-state index in [4.69, 9.17) is 14.2 Å². The van der Waals surface area contributed by atoms with Crippen molar-refractivity contribution in [2.24, 2.45) is 0 Å². The van der Waals surface area contributed by atoms with Crippen LogP contribution in [-0.2, 0) is 26.6 Å². The predicted molar refractivity (Wildman–Crippen MR) is 163 cm³/mol. The van der Waals surface area contributed by atoms with Crippen LogP contribution in [0, 0.1) is 5.82 Å². The van der Waals surface area contributed by atoms with Gasteiger partial charge in [0.1, 0.15) is 12.0 Å². The molecule has 242 valence electrons. The topological polar surface area (TPSA) is 99.5 Å². The van der Waals surface area contributed by atoms with Crippen molar-refractivity contribution in [3.63, 3.8) is 0 Å². The fourth-order valence-electron chi connectivity index (χ4n) is 7.24. The van der Waals surface area contributed by atoms with Gasteiger partial charge in [0, 0.05) is 47.7 Å². The molecule has 1 fully saturated rings. The number of carbonyl (C=O) groups is 2. The molecule has 1 amide bonds. The van der Waals surface area contributed by atoms with Gasteiger partial charge in [-0.25, -0.2) is 18.0 Å². The Hall–Kier alpha value is -4.82. The zero-order valence-corrected chi connectivity index (χ0v) is 25.7. The van der Waals surface area contributed by atoms with Crippen LogP contribution in [0.2, 0.25) is 0 Å². The monoisotopic (exact) mass is 665 g/mol. The maximum Gasteiger partial charge on any atom is 0.510 e. The van der Waals surface area contributed by atoms with E-state index in [-0.39, 0.29) is 30.2 Å². The van der Waals surface area contributed by atoms with E-state index in [0.717, 1.165) is 29.2 Å². The third-order valence-electron chi connectivity index (χ3n) is 9.10. The summed E-state index contributed by atoms with van der Waals surface area (Å²) in [7, 11) is 1.11. The summed E-state index contributed by atoms with van der Waals surface area (Å²) in [6.07, 6.45) is -0.565. The Morgan fingerprint density at radius 3 is 2.74 bits per heavy atom. The van der Waals surface area contributed by atoms with Crippen molar-refractivity contribution in [2.45, 2.75) is 31.0 Å². The molecule has 14 heteroatoms. The van der Waals surface area contributed by atoms with Crippen LogP contribution in [0.15, 0.2) is 58.8 Å². The summed E-state index contributed by atoms with van der Waals surface area (Å²) in [6.45, 7) is -0.0434. The number of ether oxygens (including phenoxy) is 4. The normalized spacial score (nSPS) is 20.2. The Bertz CT molecular complexity index is 2030. The van der Waals surface area contributed by atoms with Crippen LogP contribution in [0.25, 0.3) is 21.6 Å². The molecule has 0 bridgehead atoms. The number of fused-ring (bicyclic) bond motifs is 4. The van der Waals surface area contributed by atoms with Crippen LogP contribution >= 0.6 is 11.3 Å². The zero-order valence-electron chi connectivity index (χ0n) is 24.8. The first-order valence-corrected chi connectivity index (χ1v) is 15.8. The Morgan fingerprint density at radius 1 is 1.09 bits per heavy atom. The molecule has 8 rings (SSSR count). The molecule has 4 heterocycles. The fourth-order valence-corrected chi connectivity index (χ4v) is 8.37. The molecule has 0 radical (unpaired) electrons. The van der Waals surface area contributed by atoms with E-state index >= 15 is 13.2 Å². The smallest absolute Gasteiger partial charge is 0.451 e. The minimum Gasteiger partial charge on any atom is -0.451 e. The lowest BCUT2D eigenvalue weighted by Gasteiger charge is -2.49. The highest BCUT2D eigenvalue weighted by Gasteiger charge is 2.50. The number of methoxy groups -OCH3 is 1. The number of carbonyl (C=O) groups excluding carboxylic acids is 2. The maximum absolute atomic E-state index is 15.9. The molecule has 2 aliphatic heterocycles. The number of rotatable bonds is 4. The molecule has 0 spiro atoms. The highest BCUT2D eigenvalue weighted by atomic mass is 32.1. The van der Waals surface area contributed by atoms with Gasteiger partial charge in [0.05, 0.1) is 31.9 Å². The number of amides is 1. The first-order valence-electron chi connectivity index (χ1n) is 14.9. The van der Waals surface area contributed by atoms with E-state index in [1.165, 1.54) is 34.3 Å². The molecule has 1 saturated heterocycles. The molecule has 2 atom stereocenters. The van der Waals surface area contributed by atoms with Crippen molar-refractivity contribution in [3.8, 4) is 27.3 Å². The zero-order chi connectivity index (χ0) is 32.6. The number of hydrogen-bond donors (Lipinski definition) is 0. The van der Waals surface area contributed by atoms with Gasteiger partial charge in [-0.05, 0) is 33.7 Å². The van der Waals surface area contributed by atoms with Gasteiger partial charge in [0.2, 0.25) is 18.0 Å². The Morgan fingerprint density at radius 2 is 1.91 bits per heavy atom. The average molecular weight is 666 g/mol. The van der Waals surface area contributed by atoms with Crippen LogP contribution in [0.4, 0.5) is 18.0 Å². The minimum absolute atomic E-state index is 0.132. The lowest BCUT2D eigenvalue weighted by atomic mass is 9.80. The molecule has 0 saturated carbocycles. The molecule has 2 aromatic heterocycles. The number of alkyl halides is 2. The van der Waals surface area contributed by atoms with Crippen LogP contribution in [0.5, 0.6) is 5.75 Å². The van der Waals surface area contributed by atoms with Crippen LogP contribution < -0.4 is 15.2 Å². The highest BCUT2D eigenvalue weighted by molar-refractivity contribution is 7.14. The van der Waals surface area contributed by atoms with Crippen LogP contribution in [-0.4, -0.2) is 61.5 Å². The summed E-state index contributed by atoms with van der Waals surface area (Å²) >= 11 is 1.34. The molecule has 2 aromatic carbocycles. The van der Waals surface area contributed by atoms with Gasteiger partial charge in [-0.15, -0.1) is 11.3 Å². The Balaban J connectivity index is 1.42. The summed E-state index contributed by atoms with van der Waals surface area (Å²) < 4.78 is 69.5. The quantitative estimate of drug-likeness (QED) is 0.211. The van der Waals surface area contributed by atoms with Crippen molar-refractivity contribution in [1.82, 2.24) is 9.58 Å². The molecule has 10 nitrogen and oxygen atoms in total. The molecule has 0 N–H and O–H groups in total. The van der Waals surface area contributed by atoms with Crippen molar-refractivity contribution >= 4 is 23.4 Å². The van der Waals surface area contributed by atoms with Gasteiger partial charge < -0.3 is 23.8 Å². The van der Waals surface area contributed by atoms with Gasteiger partial charge in [0.15, 0.2) is 5.69 Å². The van der Waals surface area contributed by atoms with Gasteiger partial charge in [-0.2, -0.15) is 0 Å². The van der Waals surface area contributed by atoms with Gasteiger partial charge >= 0.3 is 6.16 Å². The second-order valence-corrected chi connectivity index (χ2v) is 12.4. The molecule has 2 aliphatic carbocycles. The standard InChI is InChI=1S/C33H26F3N3O7S/c1-43-32(42)46-16-45-29-22(40)8-10-38-28(29)31(41)37-11-13-44-12-9-23(37)39(38)27-18-4-2-3-5-19(18)30-24-17(15-47-30)14-33(35,36)26-21(34)7-6-20(27)25(24)26/h2-8,10,15,23,27H,9,11-14,16H2,1H3. The number of aromatic nitrogens is 1. The lowest BCUT2D eigenvalue weighted by molar-refractivity contribution is -0.00827. The minimum atomic E-state index is -3.47. The van der Waals surface area contributed by atoms with Crippen LogP contribution in [0.1, 0.15) is 45.2 Å². The average Bonchev–Trinajstić information content (AvgIpc) is 3.23.